The molecule has 0 bridgehead atoms. The maximum absolute atomic E-state index is 12.4. The lowest BCUT2D eigenvalue weighted by Gasteiger charge is -2.34. The molecule has 1 aliphatic carbocycles. The Morgan fingerprint density at radius 2 is 2.04 bits per heavy atom. The summed E-state index contributed by atoms with van der Waals surface area (Å²) in [5.74, 6) is 0.0724. The zero-order valence-electron chi connectivity index (χ0n) is 16.4. The minimum absolute atomic E-state index is 0.0115. The highest BCUT2D eigenvalue weighted by atomic mass is 35.5. The summed E-state index contributed by atoms with van der Waals surface area (Å²) in [5, 5.41) is 3.39. The summed E-state index contributed by atoms with van der Waals surface area (Å²) in [4.78, 5) is 38.1. The van der Waals surface area contributed by atoms with Crippen LogP contribution in [0.5, 0.6) is 0 Å². The van der Waals surface area contributed by atoms with Crippen LogP contribution >= 0.6 is 11.6 Å². The molecule has 6 nitrogen and oxygen atoms in total. The molecule has 1 saturated carbocycles. The minimum Gasteiger partial charge on any atom is -0.452 e. The quantitative estimate of drug-likeness (QED) is 0.758. The van der Waals surface area contributed by atoms with Crippen LogP contribution < -0.4 is 10.2 Å². The van der Waals surface area contributed by atoms with Gasteiger partial charge in [0.25, 0.3) is 5.91 Å². The molecule has 2 aliphatic rings. The molecule has 0 aromatic heterocycles. The van der Waals surface area contributed by atoms with Gasteiger partial charge in [-0.1, -0.05) is 38.3 Å². The summed E-state index contributed by atoms with van der Waals surface area (Å²) in [5.41, 5.74) is 0.777. The smallest absolute Gasteiger partial charge is 0.338 e. The summed E-state index contributed by atoms with van der Waals surface area (Å²) in [6.07, 6.45) is 4.47. The van der Waals surface area contributed by atoms with E-state index in [0.29, 0.717) is 35.5 Å². The van der Waals surface area contributed by atoms with Crippen molar-refractivity contribution < 1.29 is 19.1 Å². The molecular weight excluding hydrogens is 380 g/mol. The lowest BCUT2D eigenvalue weighted by molar-refractivity contribution is -0.125. The van der Waals surface area contributed by atoms with E-state index in [1.54, 1.807) is 17.0 Å². The summed E-state index contributed by atoms with van der Waals surface area (Å²) in [7, 11) is 0. The average Bonchev–Trinajstić information content (AvgIpc) is 3.09. The third kappa shape index (κ3) is 4.66. The largest absolute Gasteiger partial charge is 0.452 e. The number of nitrogens with one attached hydrogen (secondary N) is 1. The number of ether oxygens (including phenoxy) is 1. The highest BCUT2D eigenvalue weighted by Crippen LogP contribution is 2.31. The number of benzene rings is 1. The van der Waals surface area contributed by atoms with Crippen molar-refractivity contribution in [2.24, 2.45) is 11.8 Å². The first-order valence-corrected chi connectivity index (χ1v) is 10.3. The van der Waals surface area contributed by atoms with Crippen LogP contribution in [0, 0.1) is 11.8 Å². The van der Waals surface area contributed by atoms with E-state index in [0.717, 1.165) is 19.3 Å². The Balaban J connectivity index is 1.57. The van der Waals surface area contributed by atoms with Crippen LogP contribution in [0.3, 0.4) is 0 Å². The van der Waals surface area contributed by atoms with Crippen molar-refractivity contribution in [3.8, 4) is 0 Å². The maximum atomic E-state index is 12.4. The first kappa shape index (κ1) is 20.6. The van der Waals surface area contributed by atoms with Crippen molar-refractivity contribution in [3.63, 3.8) is 0 Å². The number of nitrogens with zero attached hydrogens (tertiary/aromatic N) is 1. The number of anilines is 1. The van der Waals surface area contributed by atoms with E-state index in [4.69, 9.17) is 16.3 Å². The zero-order valence-corrected chi connectivity index (χ0v) is 17.1. The number of hydrogen-bond donors (Lipinski definition) is 1. The van der Waals surface area contributed by atoms with Gasteiger partial charge < -0.3 is 15.0 Å². The summed E-state index contributed by atoms with van der Waals surface area (Å²) in [6.45, 7) is 4.61. The number of amides is 2. The van der Waals surface area contributed by atoms with E-state index >= 15 is 0 Å². The first-order valence-electron chi connectivity index (χ1n) is 9.93. The van der Waals surface area contributed by atoms with Gasteiger partial charge >= 0.3 is 5.97 Å². The van der Waals surface area contributed by atoms with E-state index in [-0.39, 0.29) is 30.0 Å². The zero-order chi connectivity index (χ0) is 20.3. The summed E-state index contributed by atoms with van der Waals surface area (Å²) < 4.78 is 5.18. The Bertz CT molecular complexity index is 767. The SMILES string of the molecule is C[C@@H]1[C@H](C)CCC[C@H]1NC(=O)COC(=O)c1ccc(Cl)c(N2CCCC2=O)c1. The molecule has 3 rings (SSSR count). The standard InChI is InChI=1S/C21H27ClN2O4/c1-13-5-3-6-17(14(13)2)23-19(25)12-28-21(27)15-8-9-16(22)18(11-15)24-10-4-7-20(24)26/h8-9,11,13-14,17H,3-7,10,12H2,1-2H3,(H,23,25)/t13-,14-,17-/m1/s1. The molecule has 1 aliphatic heterocycles. The second-order valence-corrected chi connectivity index (χ2v) is 8.24. The van der Waals surface area contributed by atoms with E-state index < -0.39 is 5.97 Å². The molecule has 0 unspecified atom stereocenters. The molecule has 0 radical (unpaired) electrons. The van der Waals surface area contributed by atoms with Crippen LogP contribution in [0.2, 0.25) is 5.02 Å². The molecule has 1 heterocycles. The number of halogens is 1. The Morgan fingerprint density at radius 3 is 2.75 bits per heavy atom. The van der Waals surface area contributed by atoms with Crippen LogP contribution in [0.4, 0.5) is 5.69 Å². The summed E-state index contributed by atoms with van der Waals surface area (Å²) >= 11 is 6.20. The van der Waals surface area contributed by atoms with Crippen molar-refractivity contribution in [3.05, 3.63) is 28.8 Å². The Hall–Kier alpha value is -2.08. The van der Waals surface area contributed by atoms with Crippen LogP contribution in [-0.4, -0.2) is 37.0 Å². The minimum atomic E-state index is -0.607. The van der Waals surface area contributed by atoms with Crippen molar-refractivity contribution in [1.82, 2.24) is 5.32 Å². The highest BCUT2D eigenvalue weighted by molar-refractivity contribution is 6.34. The van der Waals surface area contributed by atoms with Gasteiger partial charge in [0, 0.05) is 19.0 Å². The molecule has 1 aromatic rings. The third-order valence-electron chi connectivity index (χ3n) is 5.93. The monoisotopic (exact) mass is 406 g/mol. The predicted molar refractivity (Wildman–Crippen MR) is 107 cm³/mol. The van der Waals surface area contributed by atoms with Crippen LogP contribution in [0.15, 0.2) is 18.2 Å². The third-order valence-corrected chi connectivity index (χ3v) is 6.25. The first-order chi connectivity index (χ1) is 13.4. The van der Waals surface area contributed by atoms with E-state index in [1.807, 2.05) is 0 Å². The van der Waals surface area contributed by atoms with E-state index in [1.165, 1.54) is 12.5 Å². The Morgan fingerprint density at radius 1 is 1.25 bits per heavy atom. The molecule has 3 atom stereocenters. The molecule has 152 valence electrons. The predicted octanol–water partition coefficient (Wildman–Crippen LogP) is 3.56. The fourth-order valence-electron chi connectivity index (χ4n) is 4.00. The van der Waals surface area contributed by atoms with Gasteiger partial charge in [0.05, 0.1) is 16.3 Å². The normalized spacial score (nSPS) is 24.9. The average molecular weight is 407 g/mol. The second kappa shape index (κ2) is 8.95. The molecule has 1 aromatic carbocycles. The number of carbonyl (C=O) groups excluding carboxylic acids is 3. The van der Waals surface area contributed by atoms with Gasteiger partial charge in [0.15, 0.2) is 6.61 Å². The number of carbonyl (C=O) groups is 3. The molecule has 2 fully saturated rings. The fraction of sp³-hybridized carbons (Fsp3) is 0.571. The van der Waals surface area contributed by atoms with Crippen LogP contribution in [0.1, 0.15) is 56.3 Å². The van der Waals surface area contributed by atoms with Gasteiger partial charge in [-0.05, 0) is 42.9 Å². The number of rotatable bonds is 5. The lowest BCUT2D eigenvalue weighted by Crippen LogP contribution is -2.45. The molecule has 0 spiro atoms. The van der Waals surface area contributed by atoms with E-state index in [2.05, 4.69) is 19.2 Å². The molecule has 1 N–H and O–H groups in total. The number of esters is 1. The van der Waals surface area contributed by atoms with Gasteiger partial charge in [-0.3, -0.25) is 9.59 Å². The molecule has 2 amide bonds. The van der Waals surface area contributed by atoms with Gasteiger partial charge in [0.2, 0.25) is 5.91 Å². The van der Waals surface area contributed by atoms with E-state index in [9.17, 15) is 14.4 Å². The van der Waals surface area contributed by atoms with Crippen molar-refractivity contribution in [1.29, 1.82) is 0 Å². The van der Waals surface area contributed by atoms with Gasteiger partial charge in [-0.25, -0.2) is 4.79 Å². The van der Waals surface area contributed by atoms with Gasteiger partial charge in [-0.2, -0.15) is 0 Å². The molecule has 1 saturated heterocycles. The molecule has 7 heteroatoms. The van der Waals surface area contributed by atoms with Gasteiger partial charge in [-0.15, -0.1) is 0 Å². The highest BCUT2D eigenvalue weighted by Gasteiger charge is 2.28. The van der Waals surface area contributed by atoms with Crippen molar-refractivity contribution in [2.45, 2.75) is 52.0 Å². The lowest BCUT2D eigenvalue weighted by atomic mass is 9.78. The Labute approximate surface area is 170 Å². The summed E-state index contributed by atoms with van der Waals surface area (Å²) in [6, 6.07) is 4.79. The molecule has 28 heavy (non-hydrogen) atoms. The fourth-order valence-corrected chi connectivity index (χ4v) is 4.22. The topological polar surface area (TPSA) is 75.7 Å². The van der Waals surface area contributed by atoms with Crippen LogP contribution in [0.25, 0.3) is 0 Å². The Kier molecular flexibility index (Phi) is 6.60. The van der Waals surface area contributed by atoms with Gasteiger partial charge in [0.1, 0.15) is 0 Å². The van der Waals surface area contributed by atoms with Crippen LogP contribution in [-0.2, 0) is 14.3 Å². The number of hydrogen-bond acceptors (Lipinski definition) is 4. The second-order valence-electron chi connectivity index (χ2n) is 7.83. The molecular formula is C21H27ClN2O4. The maximum Gasteiger partial charge on any atom is 0.338 e. The van der Waals surface area contributed by atoms with Crippen molar-refractivity contribution in [2.75, 3.05) is 18.1 Å². The van der Waals surface area contributed by atoms with Crippen molar-refractivity contribution >= 4 is 35.1 Å².